The van der Waals surface area contributed by atoms with Crippen molar-refractivity contribution in [2.75, 3.05) is 18.0 Å². The molecule has 1 aromatic rings. The van der Waals surface area contributed by atoms with Crippen molar-refractivity contribution in [2.24, 2.45) is 0 Å². The molecular formula is C12H18N4O. The number of hydrogen-bond acceptors (Lipinski definition) is 4. The van der Waals surface area contributed by atoms with Crippen LogP contribution in [-0.4, -0.2) is 35.2 Å². The fourth-order valence-electron chi connectivity index (χ4n) is 1.90. The largest absolute Gasteiger partial charge is 0.355 e. The van der Waals surface area contributed by atoms with E-state index in [1.54, 1.807) is 6.07 Å². The molecule has 1 amide bonds. The van der Waals surface area contributed by atoms with Gasteiger partial charge in [-0.2, -0.15) is 0 Å². The summed E-state index contributed by atoms with van der Waals surface area (Å²) in [5, 5.41) is 10.9. The zero-order chi connectivity index (χ0) is 12.3. The second-order valence-electron chi connectivity index (χ2n) is 4.60. The fourth-order valence-corrected chi connectivity index (χ4v) is 1.90. The van der Waals surface area contributed by atoms with Gasteiger partial charge >= 0.3 is 0 Å². The van der Waals surface area contributed by atoms with E-state index in [2.05, 4.69) is 20.4 Å². The Balaban J connectivity index is 2.04. The molecule has 92 valence electrons. The topological polar surface area (TPSA) is 58.1 Å². The summed E-state index contributed by atoms with van der Waals surface area (Å²) in [6, 6.07) is 3.72. The quantitative estimate of drug-likeness (QED) is 0.854. The smallest absolute Gasteiger partial charge is 0.271 e. The standard InChI is InChI=1S/C12H18N4O/c1-9(2)13-12(17)10-5-6-11(15-14-10)16-7-3-4-8-16/h5-6,9H,3-4,7-8H2,1-2H3,(H,13,17). The van der Waals surface area contributed by atoms with E-state index in [4.69, 9.17) is 0 Å². The zero-order valence-electron chi connectivity index (χ0n) is 10.3. The first-order valence-electron chi connectivity index (χ1n) is 6.06. The van der Waals surface area contributed by atoms with Crippen molar-refractivity contribution >= 4 is 11.7 Å². The van der Waals surface area contributed by atoms with Crippen molar-refractivity contribution in [3.8, 4) is 0 Å². The van der Waals surface area contributed by atoms with E-state index >= 15 is 0 Å². The molecule has 0 unspecified atom stereocenters. The van der Waals surface area contributed by atoms with Crippen LogP contribution in [0.5, 0.6) is 0 Å². The lowest BCUT2D eigenvalue weighted by atomic mass is 10.3. The van der Waals surface area contributed by atoms with Gasteiger partial charge in [-0.25, -0.2) is 0 Å². The maximum Gasteiger partial charge on any atom is 0.271 e. The number of carbonyl (C=O) groups excluding carboxylic acids is 1. The first kappa shape index (κ1) is 11.8. The van der Waals surface area contributed by atoms with Crippen LogP contribution in [0.25, 0.3) is 0 Å². The molecule has 0 saturated carbocycles. The second kappa shape index (κ2) is 5.12. The van der Waals surface area contributed by atoms with Crippen molar-refractivity contribution in [1.82, 2.24) is 15.5 Å². The molecule has 1 N–H and O–H groups in total. The molecule has 0 radical (unpaired) electrons. The van der Waals surface area contributed by atoms with Crippen LogP contribution < -0.4 is 10.2 Å². The number of nitrogens with one attached hydrogen (secondary N) is 1. The highest BCUT2D eigenvalue weighted by molar-refractivity contribution is 5.92. The van der Waals surface area contributed by atoms with Gasteiger partial charge in [-0.1, -0.05) is 0 Å². The van der Waals surface area contributed by atoms with Crippen molar-refractivity contribution in [2.45, 2.75) is 32.7 Å². The van der Waals surface area contributed by atoms with E-state index in [0.717, 1.165) is 18.9 Å². The minimum absolute atomic E-state index is 0.113. The maximum absolute atomic E-state index is 11.7. The molecule has 17 heavy (non-hydrogen) atoms. The van der Waals surface area contributed by atoms with E-state index in [9.17, 15) is 4.79 Å². The fraction of sp³-hybridized carbons (Fsp3) is 0.583. The van der Waals surface area contributed by atoms with Gasteiger partial charge in [0.1, 0.15) is 0 Å². The molecule has 2 rings (SSSR count). The Morgan fingerprint density at radius 3 is 2.53 bits per heavy atom. The molecule has 2 heterocycles. The second-order valence-corrected chi connectivity index (χ2v) is 4.60. The Labute approximate surface area is 101 Å². The average molecular weight is 234 g/mol. The highest BCUT2D eigenvalue weighted by Gasteiger charge is 2.15. The van der Waals surface area contributed by atoms with Crippen LogP contribution in [0.1, 0.15) is 37.2 Å². The van der Waals surface area contributed by atoms with E-state index < -0.39 is 0 Å². The van der Waals surface area contributed by atoms with E-state index in [1.807, 2.05) is 19.9 Å². The van der Waals surface area contributed by atoms with Gasteiger partial charge < -0.3 is 10.2 Å². The molecule has 0 aliphatic carbocycles. The molecule has 5 nitrogen and oxygen atoms in total. The first-order chi connectivity index (χ1) is 8.16. The number of carbonyl (C=O) groups is 1. The Bertz CT molecular complexity index is 382. The number of amides is 1. The summed E-state index contributed by atoms with van der Waals surface area (Å²) in [5.41, 5.74) is 0.377. The molecular weight excluding hydrogens is 216 g/mol. The van der Waals surface area contributed by atoms with E-state index in [0.29, 0.717) is 5.69 Å². The lowest BCUT2D eigenvalue weighted by Gasteiger charge is -2.15. The van der Waals surface area contributed by atoms with Gasteiger partial charge in [0.25, 0.3) is 5.91 Å². The molecule has 1 aromatic heterocycles. The Morgan fingerprint density at radius 1 is 1.29 bits per heavy atom. The van der Waals surface area contributed by atoms with Crippen LogP contribution in [0.4, 0.5) is 5.82 Å². The summed E-state index contributed by atoms with van der Waals surface area (Å²) in [7, 11) is 0. The van der Waals surface area contributed by atoms with Gasteiger partial charge in [-0.3, -0.25) is 4.79 Å². The van der Waals surface area contributed by atoms with E-state index in [1.165, 1.54) is 12.8 Å². The van der Waals surface area contributed by atoms with Crippen LogP contribution in [-0.2, 0) is 0 Å². The zero-order valence-corrected chi connectivity index (χ0v) is 10.3. The lowest BCUT2D eigenvalue weighted by Crippen LogP contribution is -2.31. The summed E-state index contributed by atoms with van der Waals surface area (Å²) in [6.45, 7) is 5.91. The van der Waals surface area contributed by atoms with Gasteiger partial charge in [-0.15, -0.1) is 10.2 Å². The maximum atomic E-state index is 11.7. The molecule has 1 aliphatic rings. The predicted molar refractivity (Wildman–Crippen MR) is 66.1 cm³/mol. The van der Waals surface area contributed by atoms with Gasteiger partial charge in [0.2, 0.25) is 0 Å². The summed E-state index contributed by atoms with van der Waals surface area (Å²) in [6.07, 6.45) is 2.41. The number of aromatic nitrogens is 2. The molecule has 1 fully saturated rings. The third-order valence-corrected chi connectivity index (χ3v) is 2.73. The van der Waals surface area contributed by atoms with E-state index in [-0.39, 0.29) is 11.9 Å². The third kappa shape index (κ3) is 2.93. The van der Waals surface area contributed by atoms with Crippen LogP contribution >= 0.6 is 0 Å². The molecule has 0 atom stereocenters. The summed E-state index contributed by atoms with van der Waals surface area (Å²) in [5.74, 6) is 0.698. The minimum atomic E-state index is -0.166. The molecule has 0 spiro atoms. The predicted octanol–water partition coefficient (Wildman–Crippen LogP) is 1.21. The first-order valence-corrected chi connectivity index (χ1v) is 6.06. The Morgan fingerprint density at radius 2 is 2.00 bits per heavy atom. The van der Waals surface area contributed by atoms with Crippen molar-refractivity contribution < 1.29 is 4.79 Å². The summed E-state index contributed by atoms with van der Waals surface area (Å²) in [4.78, 5) is 13.9. The molecule has 1 aliphatic heterocycles. The van der Waals surface area contributed by atoms with Crippen molar-refractivity contribution in [1.29, 1.82) is 0 Å². The SMILES string of the molecule is CC(C)NC(=O)c1ccc(N2CCCC2)nn1. The lowest BCUT2D eigenvalue weighted by molar-refractivity contribution is 0.0937. The van der Waals surface area contributed by atoms with Gasteiger partial charge in [0.05, 0.1) is 0 Å². The Hall–Kier alpha value is -1.65. The molecule has 5 heteroatoms. The summed E-state index contributed by atoms with van der Waals surface area (Å²) >= 11 is 0. The highest BCUT2D eigenvalue weighted by atomic mass is 16.2. The van der Waals surface area contributed by atoms with Gasteiger partial charge in [0.15, 0.2) is 11.5 Å². The van der Waals surface area contributed by atoms with Crippen molar-refractivity contribution in [3.63, 3.8) is 0 Å². The van der Waals surface area contributed by atoms with Crippen molar-refractivity contribution in [3.05, 3.63) is 17.8 Å². The normalized spacial score (nSPS) is 15.4. The summed E-state index contributed by atoms with van der Waals surface area (Å²) < 4.78 is 0. The number of nitrogens with zero attached hydrogens (tertiary/aromatic N) is 3. The van der Waals surface area contributed by atoms with Crippen LogP contribution in [0.2, 0.25) is 0 Å². The minimum Gasteiger partial charge on any atom is -0.355 e. The molecule has 1 saturated heterocycles. The van der Waals surface area contributed by atoms with Crippen LogP contribution in [0.15, 0.2) is 12.1 Å². The highest BCUT2D eigenvalue weighted by Crippen LogP contribution is 2.16. The van der Waals surface area contributed by atoms with Crippen LogP contribution in [0.3, 0.4) is 0 Å². The van der Waals surface area contributed by atoms with Crippen LogP contribution in [0, 0.1) is 0 Å². The monoisotopic (exact) mass is 234 g/mol. The van der Waals surface area contributed by atoms with Gasteiger partial charge in [0, 0.05) is 19.1 Å². The Kier molecular flexibility index (Phi) is 3.56. The average Bonchev–Trinajstić information content (AvgIpc) is 2.82. The van der Waals surface area contributed by atoms with Gasteiger partial charge in [-0.05, 0) is 38.8 Å². The number of anilines is 1. The molecule has 0 aromatic carbocycles. The molecule has 0 bridgehead atoms. The number of hydrogen-bond donors (Lipinski definition) is 1. The number of rotatable bonds is 3. The third-order valence-electron chi connectivity index (χ3n) is 2.73.